The SMILES string of the molecule is CC(=O)N1CCC(c2nc(-c3cncc([C@@](O)(c4ccc(C5CCC5)cc4)C4(C)CN(C(=O)OC(C)(C)C)C4)c3)no2)CC1. The highest BCUT2D eigenvalue weighted by Crippen LogP contribution is 2.51. The van der Waals surface area contributed by atoms with Crippen molar-refractivity contribution in [2.75, 3.05) is 26.2 Å². The average Bonchev–Trinajstić information content (AvgIpc) is 3.44. The predicted molar refractivity (Wildman–Crippen MR) is 164 cm³/mol. The topological polar surface area (TPSA) is 122 Å². The van der Waals surface area contributed by atoms with Gasteiger partial charge in [-0.25, -0.2) is 4.79 Å². The quantitative estimate of drug-likeness (QED) is 0.387. The van der Waals surface area contributed by atoms with Gasteiger partial charge in [-0.1, -0.05) is 42.8 Å². The van der Waals surface area contributed by atoms with E-state index in [9.17, 15) is 14.7 Å². The molecule has 2 saturated heterocycles. The fourth-order valence-electron chi connectivity index (χ4n) is 6.80. The maximum atomic E-state index is 12.9. The van der Waals surface area contributed by atoms with Crippen LogP contribution in [-0.4, -0.2) is 73.8 Å². The number of amides is 2. The van der Waals surface area contributed by atoms with Gasteiger partial charge in [0.25, 0.3) is 0 Å². The summed E-state index contributed by atoms with van der Waals surface area (Å²) < 4.78 is 11.3. The second kappa shape index (κ2) is 11.3. The molecule has 0 radical (unpaired) electrons. The Balaban J connectivity index is 1.30. The number of hydrogen-bond donors (Lipinski definition) is 1. The van der Waals surface area contributed by atoms with Crippen molar-refractivity contribution in [2.24, 2.45) is 5.41 Å². The third-order valence-corrected chi connectivity index (χ3v) is 9.66. The highest BCUT2D eigenvalue weighted by atomic mass is 16.6. The van der Waals surface area contributed by atoms with Crippen LogP contribution in [0, 0.1) is 5.41 Å². The fraction of sp³-hybridized carbons (Fsp3) is 0.559. The molecular weight excluding hydrogens is 558 g/mol. The van der Waals surface area contributed by atoms with E-state index in [-0.39, 0.29) is 11.8 Å². The highest BCUT2D eigenvalue weighted by molar-refractivity contribution is 5.73. The molecule has 2 aliphatic heterocycles. The van der Waals surface area contributed by atoms with Gasteiger partial charge < -0.3 is 24.2 Å². The number of benzene rings is 1. The Bertz CT molecular complexity index is 1510. The van der Waals surface area contributed by atoms with Crippen LogP contribution in [-0.2, 0) is 15.1 Å². The van der Waals surface area contributed by atoms with Crippen molar-refractivity contribution < 1.29 is 24.0 Å². The van der Waals surface area contributed by atoms with E-state index in [1.165, 1.54) is 24.8 Å². The number of nitrogens with zero attached hydrogens (tertiary/aromatic N) is 5. The van der Waals surface area contributed by atoms with Crippen molar-refractivity contribution in [3.63, 3.8) is 0 Å². The Labute approximate surface area is 258 Å². The number of piperidine rings is 1. The number of likely N-dealkylation sites (tertiary alicyclic amines) is 2. The van der Waals surface area contributed by atoms with Crippen LogP contribution in [0.5, 0.6) is 0 Å². The standard InChI is InChI=1S/C34H43N5O5/c1-22(40)38-15-13-25(14-16-38)30-36-29(37-44-30)26-17-28(19-35-18-26)34(42,27-11-9-24(10-12-27)23-7-6-8-23)33(5)20-39(21-33)31(41)43-32(2,3)4/h9-12,17-19,23,25,42H,6-8,13-16,20-21H2,1-5H3/t34-/m0/s1. The average molecular weight is 602 g/mol. The summed E-state index contributed by atoms with van der Waals surface area (Å²) in [5.74, 6) is 1.69. The third kappa shape index (κ3) is 5.60. The number of carbonyl (C=O) groups excluding carboxylic acids is 2. The molecule has 3 aromatic rings. The second-order valence-electron chi connectivity index (χ2n) is 14.1. The van der Waals surface area contributed by atoms with E-state index in [0.717, 1.165) is 18.4 Å². The van der Waals surface area contributed by atoms with Crippen LogP contribution in [0.25, 0.3) is 11.4 Å². The minimum atomic E-state index is -1.46. The lowest BCUT2D eigenvalue weighted by atomic mass is 9.62. The molecule has 10 heteroatoms. The van der Waals surface area contributed by atoms with Gasteiger partial charge in [0.2, 0.25) is 17.6 Å². The molecule has 1 atom stereocenters. The number of rotatable bonds is 6. The molecule has 3 aliphatic rings. The minimum absolute atomic E-state index is 0.0806. The Morgan fingerprint density at radius 1 is 0.977 bits per heavy atom. The smallest absolute Gasteiger partial charge is 0.410 e. The molecule has 4 heterocycles. The van der Waals surface area contributed by atoms with Crippen LogP contribution in [0.4, 0.5) is 4.79 Å². The second-order valence-corrected chi connectivity index (χ2v) is 14.1. The molecule has 10 nitrogen and oxygen atoms in total. The molecule has 0 spiro atoms. The molecule has 234 valence electrons. The van der Waals surface area contributed by atoms with E-state index in [0.29, 0.717) is 54.9 Å². The molecule has 0 bridgehead atoms. The predicted octanol–water partition coefficient (Wildman–Crippen LogP) is 5.62. The Morgan fingerprint density at radius 2 is 1.66 bits per heavy atom. The van der Waals surface area contributed by atoms with Crippen LogP contribution in [0.2, 0.25) is 0 Å². The molecule has 1 N–H and O–H groups in total. The number of aromatic nitrogens is 3. The molecule has 2 aromatic heterocycles. The van der Waals surface area contributed by atoms with Crippen LogP contribution in [0.1, 0.15) is 101 Å². The first-order chi connectivity index (χ1) is 20.9. The van der Waals surface area contributed by atoms with Crippen molar-refractivity contribution >= 4 is 12.0 Å². The number of ether oxygens (including phenoxy) is 1. The summed E-state index contributed by atoms with van der Waals surface area (Å²) in [5.41, 5.74) is 0.486. The number of hydrogen-bond acceptors (Lipinski definition) is 8. The van der Waals surface area contributed by atoms with Gasteiger partial charge in [0.05, 0.1) is 0 Å². The van der Waals surface area contributed by atoms with Crippen molar-refractivity contribution in [3.8, 4) is 11.4 Å². The molecule has 44 heavy (non-hydrogen) atoms. The van der Waals surface area contributed by atoms with Gasteiger partial charge in [0.1, 0.15) is 11.2 Å². The van der Waals surface area contributed by atoms with Crippen LogP contribution in [0.15, 0.2) is 47.2 Å². The largest absolute Gasteiger partial charge is 0.444 e. The molecule has 1 saturated carbocycles. The van der Waals surface area contributed by atoms with E-state index < -0.39 is 22.7 Å². The van der Waals surface area contributed by atoms with Crippen LogP contribution < -0.4 is 0 Å². The Hall–Kier alpha value is -3.79. The maximum absolute atomic E-state index is 12.9. The van der Waals surface area contributed by atoms with E-state index in [1.54, 1.807) is 24.2 Å². The third-order valence-electron chi connectivity index (χ3n) is 9.66. The highest BCUT2D eigenvalue weighted by Gasteiger charge is 2.58. The molecule has 1 aliphatic carbocycles. The first-order valence-corrected chi connectivity index (χ1v) is 15.7. The summed E-state index contributed by atoms with van der Waals surface area (Å²) in [7, 11) is 0. The summed E-state index contributed by atoms with van der Waals surface area (Å²) in [4.78, 5) is 37.3. The van der Waals surface area contributed by atoms with Gasteiger partial charge in [-0.15, -0.1) is 0 Å². The zero-order chi connectivity index (χ0) is 31.3. The van der Waals surface area contributed by atoms with Gasteiger partial charge >= 0.3 is 6.09 Å². The first kappa shape index (κ1) is 30.2. The number of pyridine rings is 1. The van der Waals surface area contributed by atoms with Gasteiger partial charge in [0.15, 0.2) is 0 Å². The maximum Gasteiger partial charge on any atom is 0.410 e. The first-order valence-electron chi connectivity index (χ1n) is 15.7. The Kier molecular flexibility index (Phi) is 7.76. The Morgan fingerprint density at radius 3 is 2.25 bits per heavy atom. The number of aliphatic hydroxyl groups is 1. The van der Waals surface area contributed by atoms with Gasteiger partial charge in [-0.3, -0.25) is 9.78 Å². The van der Waals surface area contributed by atoms with Crippen molar-refractivity contribution in [2.45, 2.75) is 89.8 Å². The molecule has 6 rings (SSSR count). The van der Waals surface area contributed by atoms with Gasteiger partial charge in [0, 0.05) is 68.0 Å². The lowest BCUT2D eigenvalue weighted by Crippen LogP contribution is -2.66. The van der Waals surface area contributed by atoms with E-state index in [2.05, 4.69) is 22.3 Å². The molecule has 1 aromatic carbocycles. The molecule has 0 unspecified atom stereocenters. The molecule has 2 amide bonds. The lowest BCUT2D eigenvalue weighted by molar-refractivity contribution is -0.131. The lowest BCUT2D eigenvalue weighted by Gasteiger charge is -2.56. The van der Waals surface area contributed by atoms with E-state index in [4.69, 9.17) is 14.2 Å². The summed E-state index contributed by atoms with van der Waals surface area (Å²) in [6.45, 7) is 11.1. The van der Waals surface area contributed by atoms with E-state index in [1.807, 2.05) is 50.8 Å². The minimum Gasteiger partial charge on any atom is -0.444 e. The monoisotopic (exact) mass is 601 g/mol. The van der Waals surface area contributed by atoms with Crippen LogP contribution >= 0.6 is 0 Å². The summed E-state index contributed by atoms with van der Waals surface area (Å²) in [5, 5.41) is 17.1. The molecule has 3 fully saturated rings. The zero-order valence-corrected chi connectivity index (χ0v) is 26.4. The zero-order valence-electron chi connectivity index (χ0n) is 26.4. The van der Waals surface area contributed by atoms with Crippen molar-refractivity contribution in [1.82, 2.24) is 24.9 Å². The van der Waals surface area contributed by atoms with Gasteiger partial charge in [-0.05, 0) is 69.6 Å². The van der Waals surface area contributed by atoms with Crippen molar-refractivity contribution in [1.29, 1.82) is 0 Å². The van der Waals surface area contributed by atoms with Gasteiger partial charge in [-0.2, -0.15) is 4.98 Å². The number of carbonyl (C=O) groups is 2. The summed E-state index contributed by atoms with van der Waals surface area (Å²) in [6.07, 6.45) is 8.14. The fourth-order valence-corrected chi connectivity index (χ4v) is 6.80. The normalized spacial score (nSPS) is 20.4. The summed E-state index contributed by atoms with van der Waals surface area (Å²) in [6, 6.07) is 10.2. The van der Waals surface area contributed by atoms with E-state index >= 15 is 0 Å². The van der Waals surface area contributed by atoms with Crippen molar-refractivity contribution in [3.05, 3.63) is 65.3 Å². The van der Waals surface area contributed by atoms with Crippen LogP contribution in [0.3, 0.4) is 0 Å². The molecular formula is C34H43N5O5. The summed E-state index contributed by atoms with van der Waals surface area (Å²) >= 11 is 0.